The van der Waals surface area contributed by atoms with Crippen molar-refractivity contribution in [1.82, 2.24) is 19.4 Å². The highest BCUT2D eigenvalue weighted by Gasteiger charge is 2.24. The summed E-state index contributed by atoms with van der Waals surface area (Å²) in [5.74, 6) is 0.105. The molecule has 2 rings (SSSR count). The van der Waals surface area contributed by atoms with E-state index in [1.807, 2.05) is 9.47 Å². The Balaban J connectivity index is 0.00000288. The van der Waals surface area contributed by atoms with Crippen molar-refractivity contribution < 1.29 is 14.7 Å². The Kier molecular flexibility index (Phi) is 8.21. The van der Waals surface area contributed by atoms with Gasteiger partial charge in [-0.05, 0) is 26.9 Å². The summed E-state index contributed by atoms with van der Waals surface area (Å²) in [7, 11) is 4.11. The van der Waals surface area contributed by atoms with Crippen molar-refractivity contribution in [3.63, 3.8) is 0 Å². The van der Waals surface area contributed by atoms with Crippen LogP contribution in [0.2, 0.25) is 0 Å². The maximum absolute atomic E-state index is 12.4. The minimum absolute atomic E-state index is 0. The van der Waals surface area contributed by atoms with E-state index in [-0.39, 0.29) is 24.7 Å². The summed E-state index contributed by atoms with van der Waals surface area (Å²) < 4.78 is 1.82. The molecule has 1 aromatic rings. The number of rotatable bonds is 7. The van der Waals surface area contributed by atoms with Crippen LogP contribution in [0.4, 0.5) is 0 Å². The zero-order valence-electron chi connectivity index (χ0n) is 14.3. The third kappa shape index (κ3) is 5.79. The normalized spacial score (nSPS) is 17.6. The molecule has 136 valence electrons. The largest absolute Gasteiger partial charge is 0.481 e. The molecule has 1 atom stereocenters. The minimum Gasteiger partial charge on any atom is -0.481 e. The summed E-state index contributed by atoms with van der Waals surface area (Å²) in [5, 5.41) is 8.76. The monoisotopic (exact) mass is 358 g/mol. The molecule has 0 aromatic carbocycles. The van der Waals surface area contributed by atoms with Crippen molar-refractivity contribution in [2.75, 3.05) is 27.2 Å². The summed E-state index contributed by atoms with van der Waals surface area (Å²) in [6, 6.07) is 0.435. The molecular formula is C16H27ClN4O3. The first-order chi connectivity index (χ1) is 11.0. The molecule has 1 aliphatic rings. The van der Waals surface area contributed by atoms with E-state index in [1.165, 1.54) is 0 Å². The molecule has 1 fully saturated rings. The van der Waals surface area contributed by atoms with E-state index in [9.17, 15) is 9.59 Å². The third-order valence-corrected chi connectivity index (χ3v) is 4.41. The molecule has 0 spiro atoms. The van der Waals surface area contributed by atoms with Crippen molar-refractivity contribution in [1.29, 1.82) is 0 Å². The molecule has 8 heteroatoms. The maximum Gasteiger partial charge on any atom is 0.305 e. The number of likely N-dealkylation sites (N-methyl/N-ethyl adjacent to an activating group) is 1. The number of imidazole rings is 1. The number of aryl methyl sites for hydroxylation is 2. The molecular weight excluding hydrogens is 332 g/mol. The SMILES string of the molecule is CN(C)[C@H]1CCCN(C(=O)CCc2nccn2CCC(=O)O)C1.Cl. The Morgan fingerprint density at radius 3 is 2.79 bits per heavy atom. The first-order valence-corrected chi connectivity index (χ1v) is 8.13. The number of aromatic nitrogens is 2. The fourth-order valence-corrected chi connectivity index (χ4v) is 2.97. The molecule has 1 N–H and O–H groups in total. The molecule has 2 heterocycles. The lowest BCUT2D eigenvalue weighted by Gasteiger charge is -2.36. The lowest BCUT2D eigenvalue weighted by molar-refractivity contribution is -0.137. The molecule has 24 heavy (non-hydrogen) atoms. The van der Waals surface area contributed by atoms with Crippen LogP contribution in [-0.4, -0.2) is 69.6 Å². The van der Waals surface area contributed by atoms with Gasteiger partial charge in [0.1, 0.15) is 5.82 Å². The molecule has 0 aliphatic carbocycles. The number of likely N-dealkylation sites (tertiary alicyclic amines) is 1. The van der Waals surface area contributed by atoms with Crippen LogP contribution in [-0.2, 0) is 22.6 Å². The molecule has 1 amide bonds. The number of piperidine rings is 1. The van der Waals surface area contributed by atoms with Crippen molar-refractivity contribution in [3.8, 4) is 0 Å². The topological polar surface area (TPSA) is 78.7 Å². The maximum atomic E-state index is 12.4. The van der Waals surface area contributed by atoms with Crippen molar-refractivity contribution in [3.05, 3.63) is 18.2 Å². The van der Waals surface area contributed by atoms with Gasteiger partial charge in [-0.3, -0.25) is 9.59 Å². The lowest BCUT2D eigenvalue weighted by Crippen LogP contribution is -2.47. The average Bonchev–Trinajstić information content (AvgIpc) is 2.98. The van der Waals surface area contributed by atoms with Crippen LogP contribution in [0.3, 0.4) is 0 Å². The van der Waals surface area contributed by atoms with Crippen LogP contribution < -0.4 is 0 Å². The molecule has 1 aliphatic heterocycles. The zero-order valence-corrected chi connectivity index (χ0v) is 15.2. The zero-order chi connectivity index (χ0) is 16.8. The van der Waals surface area contributed by atoms with Crippen LogP contribution >= 0.6 is 12.4 Å². The average molecular weight is 359 g/mol. The lowest BCUT2D eigenvalue weighted by atomic mass is 10.0. The number of carboxylic acids is 1. The number of aliphatic carboxylic acids is 1. The Hall–Kier alpha value is -1.60. The van der Waals surface area contributed by atoms with Crippen LogP contribution in [0.1, 0.15) is 31.5 Å². The van der Waals surface area contributed by atoms with E-state index in [4.69, 9.17) is 5.11 Å². The van der Waals surface area contributed by atoms with E-state index in [0.717, 1.165) is 31.8 Å². The number of carbonyl (C=O) groups is 2. The second-order valence-corrected chi connectivity index (χ2v) is 6.28. The summed E-state index contributed by atoms with van der Waals surface area (Å²) in [5.41, 5.74) is 0. The summed E-state index contributed by atoms with van der Waals surface area (Å²) in [4.78, 5) is 31.4. The number of hydrogen-bond acceptors (Lipinski definition) is 4. The Morgan fingerprint density at radius 2 is 2.12 bits per heavy atom. The van der Waals surface area contributed by atoms with E-state index in [0.29, 0.717) is 25.4 Å². The van der Waals surface area contributed by atoms with Gasteiger partial charge in [0.15, 0.2) is 0 Å². The molecule has 1 saturated heterocycles. The smallest absolute Gasteiger partial charge is 0.305 e. The van der Waals surface area contributed by atoms with Gasteiger partial charge >= 0.3 is 5.97 Å². The highest BCUT2D eigenvalue weighted by Crippen LogP contribution is 2.15. The minimum atomic E-state index is -0.830. The second kappa shape index (κ2) is 9.64. The van der Waals surface area contributed by atoms with E-state index < -0.39 is 5.97 Å². The Labute approximate surface area is 149 Å². The third-order valence-electron chi connectivity index (χ3n) is 4.41. The van der Waals surface area contributed by atoms with Gasteiger partial charge in [0.2, 0.25) is 5.91 Å². The molecule has 7 nitrogen and oxygen atoms in total. The quantitative estimate of drug-likeness (QED) is 0.794. The highest BCUT2D eigenvalue weighted by molar-refractivity contribution is 5.85. The van der Waals surface area contributed by atoms with Gasteiger partial charge in [-0.2, -0.15) is 0 Å². The van der Waals surface area contributed by atoms with Gasteiger partial charge in [0.25, 0.3) is 0 Å². The van der Waals surface area contributed by atoms with Crippen LogP contribution in [0.15, 0.2) is 12.4 Å². The van der Waals surface area contributed by atoms with Crippen molar-refractivity contribution in [2.24, 2.45) is 0 Å². The number of amides is 1. The number of halogens is 1. The molecule has 0 saturated carbocycles. The Morgan fingerprint density at radius 1 is 1.38 bits per heavy atom. The number of carbonyl (C=O) groups excluding carboxylic acids is 1. The van der Waals surface area contributed by atoms with Crippen molar-refractivity contribution >= 4 is 24.3 Å². The van der Waals surface area contributed by atoms with E-state index >= 15 is 0 Å². The summed E-state index contributed by atoms with van der Waals surface area (Å²) in [6.45, 7) is 2.02. The highest BCUT2D eigenvalue weighted by atomic mass is 35.5. The van der Waals surface area contributed by atoms with Crippen LogP contribution in [0.25, 0.3) is 0 Å². The molecule has 0 unspecified atom stereocenters. The summed E-state index contributed by atoms with van der Waals surface area (Å²) >= 11 is 0. The van der Waals surface area contributed by atoms with Gasteiger partial charge in [-0.15, -0.1) is 12.4 Å². The van der Waals surface area contributed by atoms with E-state index in [2.05, 4.69) is 24.0 Å². The van der Waals surface area contributed by atoms with Gasteiger partial charge in [-0.25, -0.2) is 4.98 Å². The second-order valence-electron chi connectivity index (χ2n) is 6.28. The van der Waals surface area contributed by atoms with Crippen molar-refractivity contribution in [2.45, 2.75) is 44.7 Å². The summed E-state index contributed by atoms with van der Waals surface area (Å²) in [6.07, 6.45) is 6.64. The molecule has 1 aromatic heterocycles. The van der Waals surface area contributed by atoms with E-state index in [1.54, 1.807) is 12.4 Å². The fraction of sp³-hybridized carbons (Fsp3) is 0.688. The number of nitrogens with zero attached hydrogens (tertiary/aromatic N) is 4. The number of hydrogen-bond donors (Lipinski definition) is 1. The number of carboxylic acid groups (broad SMARTS) is 1. The van der Waals surface area contributed by atoms with Crippen LogP contribution in [0, 0.1) is 0 Å². The van der Waals surface area contributed by atoms with Gasteiger partial charge in [0.05, 0.1) is 6.42 Å². The molecule has 0 radical (unpaired) electrons. The Bertz CT molecular complexity index is 547. The van der Waals surface area contributed by atoms with Crippen LogP contribution in [0.5, 0.6) is 0 Å². The standard InChI is InChI=1S/C16H26N4O3.ClH/c1-18(2)13-4-3-9-20(12-13)15(21)6-5-14-17-8-11-19(14)10-7-16(22)23;/h8,11,13H,3-7,9-10,12H2,1-2H3,(H,22,23);1H/t13-;/m0./s1. The fourth-order valence-electron chi connectivity index (χ4n) is 2.97. The van der Waals surface area contributed by atoms with Gasteiger partial charge in [0, 0.05) is 50.9 Å². The van der Waals surface area contributed by atoms with Gasteiger partial charge < -0.3 is 19.5 Å². The molecule has 0 bridgehead atoms. The predicted molar refractivity (Wildman–Crippen MR) is 93.3 cm³/mol. The first kappa shape index (κ1) is 20.4. The predicted octanol–water partition coefficient (Wildman–Crippen LogP) is 1.26. The first-order valence-electron chi connectivity index (χ1n) is 8.13. The van der Waals surface area contributed by atoms with Gasteiger partial charge in [-0.1, -0.05) is 0 Å².